The zero-order valence-corrected chi connectivity index (χ0v) is 20.1. The number of carbonyl (C=O) groups excluding carboxylic acids is 1. The average molecular weight is 492 g/mol. The summed E-state index contributed by atoms with van der Waals surface area (Å²) in [5.41, 5.74) is 1.96. The number of pyridine rings is 1. The molecule has 1 amide bonds. The van der Waals surface area contributed by atoms with Crippen LogP contribution in [0, 0.1) is 17.1 Å². The number of carboxylic acid groups (broad SMARTS) is 1. The van der Waals surface area contributed by atoms with Crippen LogP contribution in [0.3, 0.4) is 0 Å². The quantitative estimate of drug-likeness (QED) is 0.429. The Bertz CT molecular complexity index is 1280. The van der Waals surface area contributed by atoms with E-state index >= 15 is 0 Å². The SMILES string of the molecule is CC(C)(C)OC(=O)NC(CC(=O)O)Cc1cccc(-c2ccc(Oc3ncc(C#N)cc3F)cc2)c1. The van der Waals surface area contributed by atoms with Gasteiger partial charge in [-0.15, -0.1) is 0 Å². The predicted molar refractivity (Wildman–Crippen MR) is 130 cm³/mol. The first-order chi connectivity index (χ1) is 17.0. The Balaban J connectivity index is 1.72. The number of nitrogens with one attached hydrogen (secondary N) is 1. The lowest BCUT2D eigenvalue weighted by Gasteiger charge is -2.23. The second-order valence-corrected chi connectivity index (χ2v) is 9.09. The van der Waals surface area contributed by atoms with Crippen molar-refractivity contribution >= 4 is 12.1 Å². The highest BCUT2D eigenvalue weighted by Crippen LogP contribution is 2.27. The fraction of sp³-hybridized carbons (Fsp3) is 0.259. The molecule has 0 bridgehead atoms. The van der Waals surface area contributed by atoms with Crippen molar-refractivity contribution in [1.82, 2.24) is 10.3 Å². The lowest BCUT2D eigenvalue weighted by Crippen LogP contribution is -2.41. The van der Waals surface area contributed by atoms with Crippen LogP contribution in [-0.4, -0.2) is 33.8 Å². The molecule has 186 valence electrons. The zero-order valence-electron chi connectivity index (χ0n) is 20.1. The van der Waals surface area contributed by atoms with Crippen LogP contribution in [0.2, 0.25) is 0 Å². The van der Waals surface area contributed by atoms with Crippen LogP contribution in [0.15, 0.2) is 60.8 Å². The number of carbonyl (C=O) groups is 2. The maximum absolute atomic E-state index is 14.0. The first-order valence-electron chi connectivity index (χ1n) is 11.2. The van der Waals surface area contributed by atoms with E-state index in [0.717, 1.165) is 22.8 Å². The summed E-state index contributed by atoms with van der Waals surface area (Å²) in [4.78, 5) is 27.3. The van der Waals surface area contributed by atoms with Gasteiger partial charge in [0.05, 0.1) is 12.0 Å². The molecule has 9 heteroatoms. The smallest absolute Gasteiger partial charge is 0.407 e. The highest BCUT2D eigenvalue weighted by Gasteiger charge is 2.21. The van der Waals surface area contributed by atoms with E-state index in [1.165, 1.54) is 6.20 Å². The monoisotopic (exact) mass is 491 g/mol. The molecule has 0 fully saturated rings. The second kappa shape index (κ2) is 11.3. The van der Waals surface area contributed by atoms with Crippen molar-refractivity contribution in [1.29, 1.82) is 5.26 Å². The van der Waals surface area contributed by atoms with E-state index in [2.05, 4.69) is 10.3 Å². The molecule has 1 aromatic heterocycles. The molecule has 1 unspecified atom stereocenters. The van der Waals surface area contributed by atoms with E-state index in [9.17, 15) is 19.1 Å². The molecule has 0 saturated heterocycles. The molecule has 0 radical (unpaired) electrons. The summed E-state index contributed by atoms with van der Waals surface area (Å²) in [6, 6.07) is 16.6. The van der Waals surface area contributed by atoms with Crippen LogP contribution in [0.25, 0.3) is 11.1 Å². The van der Waals surface area contributed by atoms with Crippen LogP contribution in [0.5, 0.6) is 11.6 Å². The Morgan fingerprint density at radius 1 is 1.14 bits per heavy atom. The van der Waals surface area contributed by atoms with Gasteiger partial charge in [0.25, 0.3) is 5.88 Å². The van der Waals surface area contributed by atoms with Gasteiger partial charge in [0.2, 0.25) is 0 Å². The molecular formula is C27H26FN3O5. The normalized spacial score (nSPS) is 11.8. The Hall–Kier alpha value is -4.45. The molecule has 2 aromatic carbocycles. The number of benzene rings is 2. The van der Waals surface area contributed by atoms with Gasteiger partial charge in [-0.05, 0) is 62.1 Å². The van der Waals surface area contributed by atoms with Gasteiger partial charge in [0, 0.05) is 12.2 Å². The minimum atomic E-state index is -1.03. The van der Waals surface area contributed by atoms with E-state index in [-0.39, 0.29) is 17.9 Å². The van der Waals surface area contributed by atoms with Gasteiger partial charge in [-0.25, -0.2) is 14.2 Å². The zero-order chi connectivity index (χ0) is 26.3. The molecule has 0 aliphatic carbocycles. The highest BCUT2D eigenvalue weighted by atomic mass is 19.1. The van der Waals surface area contributed by atoms with Gasteiger partial charge in [-0.1, -0.05) is 36.4 Å². The van der Waals surface area contributed by atoms with Crippen LogP contribution in [0.4, 0.5) is 9.18 Å². The van der Waals surface area contributed by atoms with E-state index in [0.29, 0.717) is 12.2 Å². The third-order valence-electron chi connectivity index (χ3n) is 4.89. The van der Waals surface area contributed by atoms with E-state index in [1.807, 2.05) is 30.3 Å². The standard InChI is InChI=1S/C27H26FN3O5/c1-27(2,3)36-26(34)31-21(14-24(32)33)12-17-5-4-6-20(11-17)19-7-9-22(10-8-19)35-25-23(28)13-18(15-29)16-30-25/h4-11,13,16,21H,12,14H2,1-3H3,(H,31,34)(H,32,33). The molecule has 36 heavy (non-hydrogen) atoms. The molecule has 3 aromatic rings. The van der Waals surface area contributed by atoms with Crippen LogP contribution < -0.4 is 10.1 Å². The van der Waals surface area contributed by atoms with Crippen molar-refractivity contribution in [2.24, 2.45) is 0 Å². The predicted octanol–water partition coefficient (Wildman–Crippen LogP) is 5.46. The largest absolute Gasteiger partial charge is 0.481 e. The number of halogens is 1. The van der Waals surface area contributed by atoms with E-state index in [1.54, 1.807) is 45.0 Å². The number of ether oxygens (including phenoxy) is 2. The number of alkyl carbamates (subject to hydrolysis) is 1. The van der Waals surface area contributed by atoms with Gasteiger partial charge >= 0.3 is 12.1 Å². The number of aromatic nitrogens is 1. The van der Waals surface area contributed by atoms with Crippen molar-refractivity contribution in [3.63, 3.8) is 0 Å². The first kappa shape index (κ1) is 26.2. The van der Waals surface area contributed by atoms with Crippen molar-refractivity contribution in [2.75, 3.05) is 0 Å². The number of aliphatic carboxylic acids is 1. The number of nitriles is 1. The summed E-state index contributed by atoms with van der Waals surface area (Å²) in [7, 11) is 0. The lowest BCUT2D eigenvalue weighted by molar-refractivity contribution is -0.137. The van der Waals surface area contributed by atoms with Gasteiger partial charge in [-0.2, -0.15) is 5.26 Å². The number of hydrogen-bond acceptors (Lipinski definition) is 6. The number of hydrogen-bond donors (Lipinski definition) is 2. The fourth-order valence-corrected chi connectivity index (χ4v) is 3.41. The van der Waals surface area contributed by atoms with E-state index in [4.69, 9.17) is 14.7 Å². The number of amides is 1. The van der Waals surface area contributed by atoms with Gasteiger partial charge in [0.1, 0.15) is 17.4 Å². The molecule has 2 N–H and O–H groups in total. The van der Waals surface area contributed by atoms with Crippen molar-refractivity contribution < 1.29 is 28.6 Å². The minimum absolute atomic E-state index is 0.0990. The van der Waals surface area contributed by atoms with E-state index < -0.39 is 29.5 Å². The second-order valence-electron chi connectivity index (χ2n) is 9.09. The Labute approximate surface area is 208 Å². The molecule has 0 aliphatic rings. The molecule has 3 rings (SSSR count). The molecule has 0 saturated carbocycles. The summed E-state index contributed by atoms with van der Waals surface area (Å²) in [5, 5.41) is 20.7. The number of nitrogens with zero attached hydrogens (tertiary/aromatic N) is 2. The van der Waals surface area contributed by atoms with Gasteiger partial charge in [-0.3, -0.25) is 4.79 Å². The Kier molecular flexibility index (Phi) is 8.22. The topological polar surface area (TPSA) is 122 Å². The van der Waals surface area contributed by atoms with Crippen molar-refractivity contribution in [3.05, 3.63) is 77.7 Å². The molecule has 8 nitrogen and oxygen atoms in total. The third-order valence-corrected chi connectivity index (χ3v) is 4.89. The third kappa shape index (κ3) is 7.81. The lowest BCUT2D eigenvalue weighted by atomic mass is 9.98. The summed E-state index contributed by atoms with van der Waals surface area (Å²) in [6.45, 7) is 5.20. The molecule has 1 heterocycles. The molecule has 0 spiro atoms. The average Bonchev–Trinajstić information content (AvgIpc) is 2.79. The van der Waals surface area contributed by atoms with Crippen molar-refractivity contribution in [3.8, 4) is 28.8 Å². The summed E-state index contributed by atoms with van der Waals surface area (Å²) < 4.78 is 24.8. The van der Waals surface area contributed by atoms with Crippen LogP contribution in [0.1, 0.15) is 38.3 Å². The maximum atomic E-state index is 14.0. The maximum Gasteiger partial charge on any atom is 0.407 e. The Morgan fingerprint density at radius 2 is 1.86 bits per heavy atom. The summed E-state index contributed by atoms with van der Waals surface area (Å²) >= 11 is 0. The van der Waals surface area contributed by atoms with Crippen molar-refractivity contribution in [2.45, 2.75) is 45.3 Å². The summed E-state index contributed by atoms with van der Waals surface area (Å²) in [6.07, 6.45) is 0.599. The Morgan fingerprint density at radius 3 is 2.47 bits per heavy atom. The molecule has 1 atom stereocenters. The highest BCUT2D eigenvalue weighted by molar-refractivity contribution is 5.72. The minimum Gasteiger partial charge on any atom is -0.481 e. The number of rotatable bonds is 8. The fourth-order valence-electron chi connectivity index (χ4n) is 3.41. The molecule has 0 aliphatic heterocycles. The first-order valence-corrected chi connectivity index (χ1v) is 11.2. The molecular weight excluding hydrogens is 465 g/mol. The van der Waals surface area contributed by atoms with Gasteiger partial charge < -0.3 is 19.9 Å². The van der Waals surface area contributed by atoms with Crippen LogP contribution >= 0.6 is 0 Å². The van der Waals surface area contributed by atoms with Gasteiger partial charge in [0.15, 0.2) is 5.82 Å². The number of carboxylic acids is 1. The van der Waals surface area contributed by atoms with Crippen LogP contribution in [-0.2, 0) is 16.0 Å². The summed E-state index contributed by atoms with van der Waals surface area (Å²) in [5.74, 6) is -1.63.